The second-order valence-corrected chi connectivity index (χ2v) is 22.7. The molecule has 82 heavy (non-hydrogen) atoms. The average molecular weight is 1140 g/mol. The fourth-order valence-electron chi connectivity index (χ4n) is 9.51. The predicted octanol–water partition coefficient (Wildman–Crippen LogP) is 23.9. The zero-order valence-corrected chi connectivity index (χ0v) is 53.7. The average Bonchev–Trinajstić information content (AvgIpc) is 3.47. The number of ether oxygens (including phenoxy) is 3. The van der Waals surface area contributed by atoms with Crippen LogP contribution in [0.15, 0.2) is 122 Å². The van der Waals surface area contributed by atoms with Crippen molar-refractivity contribution >= 4 is 17.9 Å². The van der Waals surface area contributed by atoms with Gasteiger partial charge in [0.1, 0.15) is 13.2 Å². The van der Waals surface area contributed by atoms with Crippen molar-refractivity contribution in [3.8, 4) is 0 Å². The quantitative estimate of drug-likeness (QED) is 0.0261. The molecule has 0 bridgehead atoms. The highest BCUT2D eigenvalue weighted by Gasteiger charge is 2.19. The Labute approximate surface area is 507 Å². The lowest BCUT2D eigenvalue weighted by Gasteiger charge is -2.18. The van der Waals surface area contributed by atoms with Gasteiger partial charge in [0.05, 0.1) is 0 Å². The second-order valence-electron chi connectivity index (χ2n) is 22.7. The number of rotatable bonds is 62. The summed E-state index contributed by atoms with van der Waals surface area (Å²) >= 11 is 0. The van der Waals surface area contributed by atoms with Crippen LogP contribution in [0.25, 0.3) is 0 Å². The Morgan fingerprint density at radius 2 is 0.476 bits per heavy atom. The van der Waals surface area contributed by atoms with E-state index >= 15 is 0 Å². The highest BCUT2D eigenvalue weighted by molar-refractivity contribution is 5.71. The van der Waals surface area contributed by atoms with Gasteiger partial charge in [0.2, 0.25) is 0 Å². The third kappa shape index (κ3) is 66.6. The molecule has 0 radical (unpaired) electrons. The number of hydrogen-bond acceptors (Lipinski definition) is 6. The summed E-state index contributed by atoms with van der Waals surface area (Å²) in [5.74, 6) is -0.923. The third-order valence-corrected chi connectivity index (χ3v) is 14.7. The standard InChI is InChI=1S/C76H128O6/c1-4-7-10-13-16-19-22-25-28-31-33-35-37-38-40-41-43-45-48-51-54-57-60-63-66-69-75(78)81-72-73(71-80-74(77)68-65-62-59-56-53-50-47-30-27-24-21-18-15-12-9-6-3)82-76(79)70-67-64-61-58-55-52-49-46-44-42-39-36-34-32-29-26-23-20-17-14-11-8-5-2/h8,11,17,20,22,25-26,29-31,33-34,36-38,42,44,47,49,52,73H,4-7,9-10,12-16,18-19,21,23-24,27-28,32,35,39-41,43,45-46,48,50-51,53-72H2,1-3H3/b11-8-,20-17-,25-22-,29-26-,33-31-,36-34-,38-37-,44-42-,47-30-,52-49-. The molecule has 6 heteroatoms. The van der Waals surface area contributed by atoms with Crippen LogP contribution < -0.4 is 0 Å². The first-order valence-electron chi connectivity index (χ1n) is 34.5. The predicted molar refractivity (Wildman–Crippen MR) is 357 cm³/mol. The van der Waals surface area contributed by atoms with Crippen molar-refractivity contribution in [2.24, 2.45) is 0 Å². The summed E-state index contributed by atoms with van der Waals surface area (Å²) in [7, 11) is 0. The highest BCUT2D eigenvalue weighted by atomic mass is 16.6. The molecule has 0 aromatic heterocycles. The molecule has 0 spiro atoms. The molecule has 0 aliphatic rings. The summed E-state index contributed by atoms with van der Waals surface area (Å²) in [6, 6.07) is 0. The van der Waals surface area contributed by atoms with Gasteiger partial charge in [0.25, 0.3) is 0 Å². The Balaban J connectivity index is 4.44. The molecule has 468 valence electrons. The lowest BCUT2D eigenvalue weighted by atomic mass is 10.1. The Morgan fingerprint density at radius 3 is 0.756 bits per heavy atom. The minimum atomic E-state index is -0.802. The molecule has 0 amide bonds. The van der Waals surface area contributed by atoms with Crippen molar-refractivity contribution in [1.82, 2.24) is 0 Å². The Morgan fingerprint density at radius 1 is 0.256 bits per heavy atom. The molecule has 0 N–H and O–H groups in total. The van der Waals surface area contributed by atoms with E-state index in [1.807, 2.05) is 0 Å². The summed E-state index contributed by atoms with van der Waals surface area (Å²) in [6.07, 6.45) is 96.3. The molecule has 0 aliphatic carbocycles. The smallest absolute Gasteiger partial charge is 0.306 e. The van der Waals surface area contributed by atoms with Gasteiger partial charge in [0, 0.05) is 19.3 Å². The maximum absolute atomic E-state index is 12.9. The number of carbonyl (C=O) groups excluding carboxylic acids is 3. The molecular weight excluding hydrogens is 1010 g/mol. The van der Waals surface area contributed by atoms with Gasteiger partial charge in [-0.2, -0.15) is 0 Å². The van der Waals surface area contributed by atoms with Gasteiger partial charge in [-0.05, 0) is 135 Å². The summed E-state index contributed by atoms with van der Waals surface area (Å²) in [5, 5.41) is 0. The van der Waals surface area contributed by atoms with E-state index in [0.29, 0.717) is 19.3 Å². The van der Waals surface area contributed by atoms with Crippen molar-refractivity contribution in [3.05, 3.63) is 122 Å². The molecule has 1 atom stereocenters. The monoisotopic (exact) mass is 1140 g/mol. The van der Waals surface area contributed by atoms with Crippen LogP contribution in [0.4, 0.5) is 0 Å². The van der Waals surface area contributed by atoms with Crippen molar-refractivity contribution in [2.45, 2.75) is 329 Å². The normalized spacial score (nSPS) is 12.9. The number of unbranched alkanes of at least 4 members (excludes halogenated alkanes) is 31. The molecule has 0 saturated carbocycles. The van der Waals surface area contributed by atoms with Crippen LogP contribution in [-0.4, -0.2) is 37.2 Å². The van der Waals surface area contributed by atoms with Crippen LogP contribution in [0.3, 0.4) is 0 Å². The number of hydrogen-bond donors (Lipinski definition) is 0. The topological polar surface area (TPSA) is 78.9 Å². The third-order valence-electron chi connectivity index (χ3n) is 14.7. The Bertz CT molecular complexity index is 1690. The molecule has 0 fully saturated rings. The molecule has 0 aromatic rings. The van der Waals surface area contributed by atoms with E-state index in [9.17, 15) is 14.4 Å². The Kier molecular flexibility index (Phi) is 65.8. The minimum absolute atomic E-state index is 0.0949. The summed E-state index contributed by atoms with van der Waals surface area (Å²) < 4.78 is 17.0. The van der Waals surface area contributed by atoms with Crippen LogP contribution >= 0.6 is 0 Å². The number of carbonyl (C=O) groups is 3. The first-order chi connectivity index (χ1) is 40.5. The summed E-state index contributed by atoms with van der Waals surface area (Å²) in [4.78, 5) is 38.4. The van der Waals surface area contributed by atoms with Crippen molar-refractivity contribution in [2.75, 3.05) is 13.2 Å². The first-order valence-corrected chi connectivity index (χ1v) is 34.5. The molecule has 1 unspecified atom stereocenters. The van der Waals surface area contributed by atoms with Crippen LogP contribution in [0.1, 0.15) is 323 Å². The lowest BCUT2D eigenvalue weighted by molar-refractivity contribution is -0.167. The van der Waals surface area contributed by atoms with Gasteiger partial charge in [-0.25, -0.2) is 0 Å². The van der Waals surface area contributed by atoms with Gasteiger partial charge >= 0.3 is 17.9 Å². The SMILES string of the molecule is CC/C=C\C/C=C\C/C=C\C/C=C\C/C=C\C/C=C\CCCCCCC(=O)OC(COC(=O)CCCCCCC/C=C\CCCCCCCCC)COC(=O)CCCCCCCCCCCC/C=C\C/C=C\C/C=C\CCCCCCC. The maximum atomic E-state index is 12.9. The molecule has 0 rings (SSSR count). The molecule has 6 nitrogen and oxygen atoms in total. The first kappa shape index (κ1) is 77.8. The van der Waals surface area contributed by atoms with E-state index in [1.54, 1.807) is 0 Å². The second kappa shape index (κ2) is 69.3. The zero-order chi connectivity index (χ0) is 59.2. The maximum Gasteiger partial charge on any atom is 0.306 e. The molecule has 0 saturated heterocycles. The summed E-state index contributed by atoms with van der Waals surface area (Å²) in [6.45, 7) is 6.51. The fourth-order valence-corrected chi connectivity index (χ4v) is 9.51. The Hall–Kier alpha value is -4.19. The van der Waals surface area contributed by atoms with Gasteiger partial charge in [-0.15, -0.1) is 0 Å². The molecule has 0 aliphatic heterocycles. The highest BCUT2D eigenvalue weighted by Crippen LogP contribution is 2.16. The van der Waals surface area contributed by atoms with E-state index in [0.717, 1.165) is 128 Å². The van der Waals surface area contributed by atoms with E-state index in [1.165, 1.54) is 154 Å². The van der Waals surface area contributed by atoms with Crippen molar-refractivity contribution in [1.29, 1.82) is 0 Å². The number of allylic oxidation sites excluding steroid dienone is 20. The van der Waals surface area contributed by atoms with E-state index in [-0.39, 0.29) is 31.1 Å². The molecule has 0 aromatic carbocycles. The van der Waals surface area contributed by atoms with Crippen molar-refractivity contribution < 1.29 is 28.6 Å². The largest absolute Gasteiger partial charge is 0.462 e. The fraction of sp³-hybridized carbons (Fsp3) is 0.697. The minimum Gasteiger partial charge on any atom is -0.462 e. The van der Waals surface area contributed by atoms with E-state index in [2.05, 4.69) is 142 Å². The van der Waals surface area contributed by atoms with E-state index in [4.69, 9.17) is 14.2 Å². The van der Waals surface area contributed by atoms with Crippen LogP contribution in [0.2, 0.25) is 0 Å². The van der Waals surface area contributed by atoms with Crippen molar-refractivity contribution in [3.63, 3.8) is 0 Å². The van der Waals surface area contributed by atoms with Gasteiger partial charge in [-0.3, -0.25) is 14.4 Å². The van der Waals surface area contributed by atoms with Gasteiger partial charge in [0.15, 0.2) is 6.10 Å². The summed E-state index contributed by atoms with van der Waals surface area (Å²) in [5.41, 5.74) is 0. The van der Waals surface area contributed by atoms with E-state index < -0.39 is 6.10 Å². The zero-order valence-electron chi connectivity index (χ0n) is 53.7. The molecule has 0 heterocycles. The van der Waals surface area contributed by atoms with Crippen LogP contribution in [-0.2, 0) is 28.6 Å². The lowest BCUT2D eigenvalue weighted by Crippen LogP contribution is -2.30. The number of esters is 3. The van der Waals surface area contributed by atoms with Gasteiger partial charge in [-0.1, -0.05) is 290 Å². The van der Waals surface area contributed by atoms with Crippen LogP contribution in [0, 0.1) is 0 Å². The van der Waals surface area contributed by atoms with Crippen LogP contribution in [0.5, 0.6) is 0 Å². The molecular formula is C76H128O6. The van der Waals surface area contributed by atoms with Gasteiger partial charge < -0.3 is 14.2 Å².